The Bertz CT molecular complexity index is 1420. The molecule has 2 heterocycles. The number of ether oxygens (including phenoxy) is 1. The Balaban J connectivity index is 1.65. The summed E-state index contributed by atoms with van der Waals surface area (Å²) in [5.41, 5.74) is 3.05. The maximum Gasteiger partial charge on any atom is 0.339 e. The van der Waals surface area contributed by atoms with Crippen molar-refractivity contribution in [3.8, 4) is 0 Å². The van der Waals surface area contributed by atoms with E-state index in [9.17, 15) is 14.7 Å². The number of hydrogen-bond donors (Lipinski definition) is 1. The minimum absolute atomic E-state index is 0.0760. The molecule has 0 spiro atoms. The van der Waals surface area contributed by atoms with Crippen LogP contribution in [0, 0.1) is 0 Å². The first-order valence-corrected chi connectivity index (χ1v) is 11.9. The second-order valence-corrected chi connectivity index (χ2v) is 8.56. The van der Waals surface area contributed by atoms with Crippen molar-refractivity contribution >= 4 is 22.9 Å². The van der Waals surface area contributed by atoms with E-state index in [-0.39, 0.29) is 36.8 Å². The number of aliphatic hydroxyl groups excluding tert-OH is 1. The van der Waals surface area contributed by atoms with Gasteiger partial charge in [-0.25, -0.2) is 9.48 Å². The van der Waals surface area contributed by atoms with Crippen LogP contribution in [0.15, 0.2) is 96.3 Å². The third-order valence-corrected chi connectivity index (χ3v) is 6.37. The predicted molar refractivity (Wildman–Crippen MR) is 134 cm³/mol. The third kappa shape index (κ3) is 4.33. The molecule has 0 saturated heterocycles. The molecule has 2 atom stereocenters. The Labute approximate surface area is 208 Å². The lowest BCUT2D eigenvalue weighted by molar-refractivity contribution is -0.143. The highest BCUT2D eigenvalue weighted by atomic mass is 16.5. The van der Waals surface area contributed by atoms with Crippen molar-refractivity contribution in [2.45, 2.75) is 32.0 Å². The molecule has 8 heteroatoms. The van der Waals surface area contributed by atoms with Crippen LogP contribution in [0.4, 0.5) is 0 Å². The average Bonchev–Trinajstić information content (AvgIpc) is 3.31. The van der Waals surface area contributed by atoms with Gasteiger partial charge in [-0.2, -0.15) is 0 Å². The molecule has 1 N–H and O–H groups in total. The maximum absolute atomic E-state index is 14.1. The van der Waals surface area contributed by atoms with E-state index < -0.39 is 18.1 Å². The van der Waals surface area contributed by atoms with E-state index in [1.165, 1.54) is 0 Å². The summed E-state index contributed by atoms with van der Waals surface area (Å²) in [7, 11) is 0. The van der Waals surface area contributed by atoms with E-state index >= 15 is 0 Å². The molecule has 4 aromatic rings. The van der Waals surface area contributed by atoms with Crippen LogP contribution in [0.1, 0.15) is 36.6 Å². The van der Waals surface area contributed by atoms with Crippen molar-refractivity contribution in [3.05, 3.63) is 107 Å². The molecular formula is C28H26N4O4. The number of para-hydroxylation sites is 1. The maximum atomic E-state index is 14.1. The SMILES string of the molecule is CCOC(=O)C1=C(O)C[C@H](c2ccccc2)N(C(=O)Cn2nnc3ccccc32)[C@@H]1c1ccccc1. The van der Waals surface area contributed by atoms with Gasteiger partial charge in [0.05, 0.1) is 24.2 Å². The standard InChI is InChI=1S/C28H26N4O4/c1-2-36-28(35)26-24(33)17-23(19-11-5-3-6-12-19)32(27(26)20-13-7-4-8-14-20)25(34)18-31-22-16-10-9-15-21(22)29-30-31/h3-16,23,27,33H,2,17-18H2,1H3/t23-,27-/m1/s1. The molecule has 36 heavy (non-hydrogen) atoms. The number of carbonyl (C=O) groups excluding carboxylic acids is 2. The summed E-state index contributed by atoms with van der Waals surface area (Å²) in [6, 6.07) is 24.8. The minimum atomic E-state index is -0.841. The molecule has 0 bridgehead atoms. The number of hydrogen-bond acceptors (Lipinski definition) is 6. The van der Waals surface area contributed by atoms with Crippen LogP contribution in [0.3, 0.4) is 0 Å². The van der Waals surface area contributed by atoms with Crippen molar-refractivity contribution in [3.63, 3.8) is 0 Å². The Hall–Kier alpha value is -4.46. The number of rotatable bonds is 6. The number of carbonyl (C=O) groups is 2. The number of aromatic nitrogens is 3. The van der Waals surface area contributed by atoms with Crippen LogP contribution < -0.4 is 0 Å². The van der Waals surface area contributed by atoms with E-state index in [0.717, 1.165) is 11.1 Å². The van der Waals surface area contributed by atoms with Gasteiger partial charge in [-0.1, -0.05) is 78.0 Å². The first-order valence-electron chi connectivity index (χ1n) is 11.9. The van der Waals surface area contributed by atoms with Gasteiger partial charge in [-0.05, 0) is 30.2 Å². The molecule has 0 radical (unpaired) electrons. The molecule has 1 aromatic heterocycles. The number of amides is 1. The van der Waals surface area contributed by atoms with Gasteiger partial charge in [-0.15, -0.1) is 5.10 Å². The lowest BCUT2D eigenvalue weighted by Crippen LogP contribution is -2.45. The van der Waals surface area contributed by atoms with E-state index in [0.29, 0.717) is 11.1 Å². The highest BCUT2D eigenvalue weighted by Crippen LogP contribution is 2.45. The molecule has 182 valence electrons. The van der Waals surface area contributed by atoms with Crippen molar-refractivity contribution in [2.75, 3.05) is 6.61 Å². The Morgan fingerprint density at radius 2 is 1.58 bits per heavy atom. The summed E-state index contributed by atoms with van der Waals surface area (Å²) >= 11 is 0. The van der Waals surface area contributed by atoms with Gasteiger partial charge in [0.15, 0.2) is 0 Å². The first-order chi connectivity index (χ1) is 17.6. The molecular weight excluding hydrogens is 456 g/mol. The molecule has 8 nitrogen and oxygen atoms in total. The summed E-state index contributed by atoms with van der Waals surface area (Å²) < 4.78 is 6.87. The fourth-order valence-corrected chi connectivity index (χ4v) is 4.78. The van der Waals surface area contributed by atoms with Crippen LogP contribution >= 0.6 is 0 Å². The number of esters is 1. The van der Waals surface area contributed by atoms with E-state index in [2.05, 4.69) is 10.3 Å². The van der Waals surface area contributed by atoms with Gasteiger partial charge in [0.25, 0.3) is 0 Å². The average molecular weight is 483 g/mol. The Morgan fingerprint density at radius 3 is 2.28 bits per heavy atom. The van der Waals surface area contributed by atoms with Gasteiger partial charge < -0.3 is 14.7 Å². The van der Waals surface area contributed by atoms with E-state index in [1.807, 2.05) is 84.9 Å². The van der Waals surface area contributed by atoms with Gasteiger partial charge in [0.1, 0.15) is 23.4 Å². The monoisotopic (exact) mass is 482 g/mol. The highest BCUT2D eigenvalue weighted by Gasteiger charge is 2.44. The highest BCUT2D eigenvalue weighted by molar-refractivity contribution is 5.93. The number of aliphatic hydroxyl groups is 1. The van der Waals surface area contributed by atoms with Gasteiger partial charge in [0.2, 0.25) is 5.91 Å². The van der Waals surface area contributed by atoms with Crippen molar-refractivity contribution < 1.29 is 19.4 Å². The number of nitrogens with zero attached hydrogens (tertiary/aromatic N) is 4. The van der Waals surface area contributed by atoms with Crippen LogP contribution in [-0.4, -0.2) is 43.5 Å². The normalized spacial score (nSPS) is 17.9. The predicted octanol–water partition coefficient (Wildman–Crippen LogP) is 4.52. The summed E-state index contributed by atoms with van der Waals surface area (Å²) in [4.78, 5) is 28.9. The molecule has 5 rings (SSSR count). The fourth-order valence-electron chi connectivity index (χ4n) is 4.78. The molecule has 0 unspecified atom stereocenters. The Kier molecular flexibility index (Phi) is 6.49. The molecule has 1 aliphatic rings. The van der Waals surface area contributed by atoms with E-state index in [1.54, 1.807) is 16.5 Å². The van der Waals surface area contributed by atoms with Gasteiger partial charge in [0, 0.05) is 6.42 Å². The van der Waals surface area contributed by atoms with E-state index in [4.69, 9.17) is 4.74 Å². The lowest BCUT2D eigenvalue weighted by Gasteiger charge is -2.43. The first kappa shape index (κ1) is 23.3. The topological polar surface area (TPSA) is 97.6 Å². The van der Waals surface area contributed by atoms with Crippen LogP contribution in [0.2, 0.25) is 0 Å². The lowest BCUT2D eigenvalue weighted by atomic mass is 9.85. The molecule has 1 aliphatic heterocycles. The second kappa shape index (κ2) is 10.0. The number of benzene rings is 3. The largest absolute Gasteiger partial charge is 0.512 e. The van der Waals surface area contributed by atoms with Crippen molar-refractivity contribution in [2.24, 2.45) is 0 Å². The van der Waals surface area contributed by atoms with Crippen LogP contribution in [-0.2, 0) is 20.9 Å². The Morgan fingerprint density at radius 1 is 0.944 bits per heavy atom. The van der Waals surface area contributed by atoms with Gasteiger partial charge in [-0.3, -0.25) is 4.79 Å². The molecule has 0 fully saturated rings. The van der Waals surface area contributed by atoms with Crippen LogP contribution in [0.25, 0.3) is 11.0 Å². The summed E-state index contributed by atoms with van der Waals surface area (Å²) in [5, 5.41) is 19.5. The smallest absolute Gasteiger partial charge is 0.339 e. The molecule has 0 saturated carbocycles. The third-order valence-electron chi connectivity index (χ3n) is 6.37. The minimum Gasteiger partial charge on any atom is -0.512 e. The van der Waals surface area contributed by atoms with Crippen molar-refractivity contribution in [1.82, 2.24) is 19.9 Å². The molecule has 3 aromatic carbocycles. The zero-order chi connectivity index (χ0) is 25.1. The summed E-state index contributed by atoms with van der Waals surface area (Å²) in [6.45, 7) is 1.78. The quantitative estimate of drug-likeness (QED) is 0.406. The fraction of sp³-hybridized carbons (Fsp3) is 0.214. The van der Waals surface area contributed by atoms with Gasteiger partial charge >= 0.3 is 5.97 Å². The summed E-state index contributed by atoms with van der Waals surface area (Å²) in [6.07, 6.45) is 0.0886. The molecule has 0 aliphatic carbocycles. The molecule has 1 amide bonds. The second-order valence-electron chi connectivity index (χ2n) is 8.56. The van der Waals surface area contributed by atoms with Crippen LogP contribution in [0.5, 0.6) is 0 Å². The zero-order valence-electron chi connectivity index (χ0n) is 19.8. The zero-order valence-corrected chi connectivity index (χ0v) is 19.8. The van der Waals surface area contributed by atoms with Crippen molar-refractivity contribution in [1.29, 1.82) is 0 Å². The number of fused-ring (bicyclic) bond motifs is 1. The summed E-state index contributed by atoms with van der Waals surface area (Å²) in [5.74, 6) is -0.978.